The molecule has 1 aliphatic heterocycles. The van der Waals surface area contributed by atoms with Gasteiger partial charge in [-0.05, 0) is 49.0 Å². The fourth-order valence-electron chi connectivity index (χ4n) is 2.56. The number of thioether (sulfide) groups is 1. The largest absolute Gasteiger partial charge is 0.861 e. The number of allylic oxidation sites excluding steroid dienone is 4. The van der Waals surface area contributed by atoms with E-state index in [4.69, 9.17) is 10.3 Å². The summed E-state index contributed by atoms with van der Waals surface area (Å²) in [5.74, 6) is 0.326. The van der Waals surface area contributed by atoms with Gasteiger partial charge in [-0.15, -0.1) is 11.8 Å². The molecule has 7 nitrogen and oxygen atoms in total. The molecule has 0 radical (unpaired) electrons. The van der Waals surface area contributed by atoms with Gasteiger partial charge in [0.05, 0.1) is 17.9 Å². The number of hydrogen-bond acceptors (Lipinski definition) is 7. The summed E-state index contributed by atoms with van der Waals surface area (Å²) in [5.41, 5.74) is 6.60. The topological polar surface area (TPSA) is 94.6 Å². The molecule has 1 aliphatic carbocycles. The average Bonchev–Trinajstić information content (AvgIpc) is 3.04. The van der Waals surface area contributed by atoms with Crippen LogP contribution in [0.3, 0.4) is 0 Å². The minimum atomic E-state index is -0.222. The molecule has 1 fully saturated rings. The lowest BCUT2D eigenvalue weighted by atomic mass is 10.1. The van der Waals surface area contributed by atoms with Crippen molar-refractivity contribution in [1.82, 2.24) is 5.27 Å². The molecule has 1 aromatic rings. The molecule has 0 unspecified atom stereocenters. The second kappa shape index (κ2) is 7.54. The van der Waals surface area contributed by atoms with Crippen molar-refractivity contribution in [3.8, 4) is 0 Å². The number of nitrogens with two attached hydrogens (primary N) is 1. The number of aromatic nitrogens is 2. The zero-order chi connectivity index (χ0) is 16.1. The Bertz CT molecular complexity index is 632. The van der Waals surface area contributed by atoms with E-state index in [0.29, 0.717) is 5.75 Å². The van der Waals surface area contributed by atoms with Crippen molar-refractivity contribution in [1.29, 1.82) is 0 Å². The van der Waals surface area contributed by atoms with Gasteiger partial charge in [-0.3, -0.25) is 4.52 Å². The number of piperidine rings is 1. The van der Waals surface area contributed by atoms with Gasteiger partial charge in [0.15, 0.2) is 0 Å². The Labute approximate surface area is 139 Å². The van der Waals surface area contributed by atoms with Crippen LogP contribution in [0.4, 0.5) is 5.88 Å². The van der Waals surface area contributed by atoms with E-state index in [0.717, 1.165) is 49.4 Å². The van der Waals surface area contributed by atoms with Gasteiger partial charge in [-0.1, -0.05) is 6.08 Å². The zero-order valence-corrected chi connectivity index (χ0v) is 13.8. The second-order valence-corrected chi connectivity index (χ2v) is 6.75. The summed E-state index contributed by atoms with van der Waals surface area (Å²) in [6.07, 6.45) is 10.8. The van der Waals surface area contributed by atoms with Crippen molar-refractivity contribution in [3.63, 3.8) is 0 Å². The van der Waals surface area contributed by atoms with E-state index in [9.17, 15) is 5.11 Å². The first-order chi connectivity index (χ1) is 11.2. The predicted molar refractivity (Wildman–Crippen MR) is 87.6 cm³/mol. The maximum absolute atomic E-state index is 11.9. The Morgan fingerprint density at radius 1 is 1.35 bits per heavy atom. The van der Waals surface area contributed by atoms with E-state index in [1.54, 1.807) is 11.0 Å². The van der Waals surface area contributed by atoms with Crippen LogP contribution in [0.25, 0.3) is 0 Å². The van der Waals surface area contributed by atoms with Crippen LogP contribution in [-0.2, 0) is 0 Å². The Balaban J connectivity index is 1.55. The van der Waals surface area contributed by atoms with Gasteiger partial charge in [-0.25, -0.2) is 4.99 Å². The molecular weight excluding hydrogens is 314 g/mol. The van der Waals surface area contributed by atoms with Gasteiger partial charge in [-0.2, -0.15) is 5.01 Å². The zero-order valence-electron chi connectivity index (χ0n) is 13.0. The number of nitrogens with zero attached hydrogens (tertiary/aromatic N) is 4. The lowest BCUT2D eigenvalue weighted by molar-refractivity contribution is -0.759. The summed E-state index contributed by atoms with van der Waals surface area (Å²) in [4.78, 5) is 6.77. The molecule has 0 amide bonds. The van der Waals surface area contributed by atoms with Crippen LogP contribution < -0.4 is 20.6 Å². The molecule has 1 saturated heterocycles. The maximum Gasteiger partial charge on any atom is 0.324 e. The molecule has 2 aliphatic rings. The van der Waals surface area contributed by atoms with E-state index in [2.05, 4.69) is 15.3 Å². The van der Waals surface area contributed by atoms with Crippen LogP contribution >= 0.6 is 11.8 Å². The molecular formula is C15H21N5O2S. The molecule has 0 atom stereocenters. The van der Waals surface area contributed by atoms with Crippen molar-refractivity contribution in [2.45, 2.75) is 32.1 Å². The van der Waals surface area contributed by atoms with E-state index in [-0.39, 0.29) is 11.8 Å². The first kappa shape index (κ1) is 15.9. The van der Waals surface area contributed by atoms with E-state index in [1.807, 2.05) is 12.2 Å². The Morgan fingerprint density at radius 2 is 2.17 bits per heavy atom. The quantitative estimate of drug-likeness (QED) is 0.484. The monoisotopic (exact) mass is 335 g/mol. The highest BCUT2D eigenvalue weighted by molar-refractivity contribution is 8.03. The van der Waals surface area contributed by atoms with Crippen LogP contribution in [0.1, 0.15) is 32.1 Å². The molecule has 23 heavy (non-hydrogen) atoms. The minimum Gasteiger partial charge on any atom is -0.861 e. The normalized spacial score (nSPS) is 19.5. The lowest BCUT2D eigenvalue weighted by Crippen LogP contribution is -2.60. The third kappa shape index (κ3) is 4.51. The maximum atomic E-state index is 11.9. The van der Waals surface area contributed by atoms with E-state index in [1.165, 1.54) is 18.2 Å². The van der Waals surface area contributed by atoms with Gasteiger partial charge in [0.25, 0.3) is 6.20 Å². The summed E-state index contributed by atoms with van der Waals surface area (Å²) in [6, 6.07) is 0. The van der Waals surface area contributed by atoms with Crippen LogP contribution in [-0.4, -0.2) is 30.0 Å². The smallest absolute Gasteiger partial charge is 0.324 e. The lowest BCUT2D eigenvalue weighted by Gasteiger charge is -2.17. The Hall–Kier alpha value is -1.96. The summed E-state index contributed by atoms with van der Waals surface area (Å²) in [6.45, 7) is 1.90. The van der Waals surface area contributed by atoms with Crippen LogP contribution in [0.2, 0.25) is 0 Å². The summed E-state index contributed by atoms with van der Waals surface area (Å²) < 4.78 is 5.13. The molecule has 2 N–H and O–H groups in total. The van der Waals surface area contributed by atoms with Gasteiger partial charge in [0, 0.05) is 11.4 Å². The SMILES string of the molecule is NC1=CC=C(SC/C([O-])=N\c2c[n+](N3CCCCC3)no2)CC1. The fourth-order valence-corrected chi connectivity index (χ4v) is 3.34. The molecule has 2 heterocycles. The van der Waals surface area contributed by atoms with Gasteiger partial charge in [0.2, 0.25) is 5.27 Å². The van der Waals surface area contributed by atoms with Gasteiger partial charge < -0.3 is 10.8 Å². The van der Waals surface area contributed by atoms with E-state index < -0.39 is 0 Å². The summed E-state index contributed by atoms with van der Waals surface area (Å²) >= 11 is 1.50. The third-order valence-electron chi connectivity index (χ3n) is 3.83. The van der Waals surface area contributed by atoms with Crippen LogP contribution in [0.15, 0.2) is 38.5 Å². The van der Waals surface area contributed by atoms with Crippen molar-refractivity contribution in [2.75, 3.05) is 23.9 Å². The fraction of sp³-hybridized carbons (Fsp3) is 0.533. The second-order valence-electron chi connectivity index (χ2n) is 5.64. The molecule has 1 aromatic heterocycles. The summed E-state index contributed by atoms with van der Waals surface area (Å²) in [7, 11) is 0. The Morgan fingerprint density at radius 3 is 2.91 bits per heavy atom. The third-order valence-corrected chi connectivity index (χ3v) is 4.93. The minimum absolute atomic E-state index is 0.222. The first-order valence-electron chi connectivity index (χ1n) is 7.87. The molecule has 124 valence electrons. The number of aliphatic imine (C=N–C) groups is 1. The van der Waals surface area contributed by atoms with Crippen molar-refractivity contribution < 1.29 is 14.4 Å². The standard InChI is InChI=1S/C15H21N5O2S/c16-12-4-6-13(7-5-12)23-11-14(21)17-15-10-20(18-22-15)19-8-2-1-3-9-19/h4,6,10H,1-3,5,7-9,11,16H2. The van der Waals surface area contributed by atoms with Gasteiger partial charge >= 0.3 is 5.88 Å². The first-order valence-corrected chi connectivity index (χ1v) is 8.86. The highest BCUT2D eigenvalue weighted by atomic mass is 32.2. The van der Waals surface area contributed by atoms with Crippen molar-refractivity contribution in [3.05, 3.63) is 29.0 Å². The Kier molecular flexibility index (Phi) is 5.22. The molecule has 3 rings (SSSR count). The average molecular weight is 335 g/mol. The number of hydrogen-bond donors (Lipinski definition) is 1. The molecule has 0 bridgehead atoms. The highest BCUT2D eigenvalue weighted by Gasteiger charge is 2.22. The molecule has 0 saturated carbocycles. The number of rotatable bonds is 5. The summed E-state index contributed by atoms with van der Waals surface area (Å²) in [5, 5.41) is 18.0. The highest BCUT2D eigenvalue weighted by Crippen LogP contribution is 2.25. The van der Waals surface area contributed by atoms with Gasteiger partial charge in [0.1, 0.15) is 0 Å². The van der Waals surface area contributed by atoms with Crippen molar-refractivity contribution in [2.24, 2.45) is 10.7 Å². The van der Waals surface area contributed by atoms with Crippen LogP contribution in [0, 0.1) is 0 Å². The van der Waals surface area contributed by atoms with Crippen LogP contribution in [0.5, 0.6) is 0 Å². The molecule has 0 aromatic carbocycles. The molecule has 8 heteroatoms. The van der Waals surface area contributed by atoms with E-state index >= 15 is 0 Å². The molecule has 0 spiro atoms. The van der Waals surface area contributed by atoms with Crippen molar-refractivity contribution >= 4 is 23.5 Å². The predicted octanol–water partition coefficient (Wildman–Crippen LogP) is 0.728.